The molecule has 0 radical (unpaired) electrons. The van der Waals surface area contributed by atoms with E-state index in [4.69, 9.17) is 0 Å². The molecule has 2 heterocycles. The molecule has 1 aromatic rings. The molecule has 0 spiro atoms. The lowest BCUT2D eigenvalue weighted by molar-refractivity contribution is -0.159. The molecule has 10 heteroatoms. The largest absolute Gasteiger partial charge is 0.343 e. The van der Waals surface area contributed by atoms with E-state index in [0.29, 0.717) is 6.92 Å². The highest BCUT2D eigenvalue weighted by molar-refractivity contribution is 6.10. The van der Waals surface area contributed by atoms with E-state index in [0.717, 1.165) is 4.90 Å². The molecule has 0 bridgehead atoms. The van der Waals surface area contributed by atoms with Crippen LogP contribution in [0.2, 0.25) is 0 Å². The zero-order chi connectivity index (χ0) is 20.6. The Hall–Kier alpha value is -3.04. The molecule has 1 saturated heterocycles. The number of hydrogen-bond donors (Lipinski definition) is 2. The first kappa shape index (κ1) is 19.7. The van der Waals surface area contributed by atoms with E-state index in [1.54, 1.807) is 6.92 Å². The zero-order valence-electron chi connectivity index (χ0n) is 15.4. The normalized spacial score (nSPS) is 20.1. The monoisotopic (exact) mass is 394 g/mol. The van der Waals surface area contributed by atoms with Crippen LogP contribution in [0.25, 0.3) is 0 Å². The smallest absolute Gasteiger partial charge is 0.322 e. The maximum Gasteiger partial charge on any atom is 0.322 e. The maximum absolute atomic E-state index is 13.3. The van der Waals surface area contributed by atoms with Gasteiger partial charge in [0.1, 0.15) is 0 Å². The number of halogens is 2. The Balaban J connectivity index is 1.76. The Labute approximate surface area is 159 Å². The maximum atomic E-state index is 13.3. The quantitative estimate of drug-likeness (QED) is 0.771. The zero-order valence-corrected chi connectivity index (χ0v) is 15.4. The molecule has 28 heavy (non-hydrogen) atoms. The van der Waals surface area contributed by atoms with Gasteiger partial charge >= 0.3 is 5.92 Å². The molecule has 0 unspecified atom stereocenters. The molecule has 0 aromatic heterocycles. The molecule has 2 aliphatic rings. The number of nitrogens with one attached hydrogen (secondary N) is 2. The van der Waals surface area contributed by atoms with E-state index in [9.17, 15) is 28.0 Å². The molecule has 2 N–H and O–H groups in total. The van der Waals surface area contributed by atoms with Crippen molar-refractivity contribution in [2.24, 2.45) is 0 Å². The molecule has 0 saturated carbocycles. The number of piperazine rings is 1. The second-order valence-electron chi connectivity index (χ2n) is 6.98. The van der Waals surface area contributed by atoms with Gasteiger partial charge in [-0.15, -0.1) is 0 Å². The number of carbonyl (C=O) groups excluding carboxylic acids is 4. The number of amides is 4. The van der Waals surface area contributed by atoms with E-state index in [2.05, 4.69) is 10.6 Å². The van der Waals surface area contributed by atoms with Crippen molar-refractivity contribution in [1.29, 1.82) is 0 Å². The summed E-state index contributed by atoms with van der Waals surface area (Å²) in [5, 5.41) is 5.02. The third-order valence-electron chi connectivity index (χ3n) is 4.75. The minimum atomic E-state index is -3.46. The molecule has 0 aliphatic carbocycles. The standard InChI is InChI=1S/C18H20F2N4O4/c1-10-9-23(5-6-24(10)17(28)18(2,19)20)16(27)11-3-4-12-13(7-11)22-14(25)8-21-15(12)26/h3-4,7,10H,5-6,8-9H2,1-2H3,(H,21,26)(H,22,25)/t10-/m1/s1. The third kappa shape index (κ3) is 3.80. The average molecular weight is 394 g/mol. The van der Waals surface area contributed by atoms with Gasteiger partial charge in [-0.05, 0) is 25.1 Å². The first-order chi connectivity index (χ1) is 13.1. The van der Waals surface area contributed by atoms with Gasteiger partial charge in [0.15, 0.2) is 0 Å². The summed E-state index contributed by atoms with van der Waals surface area (Å²) in [6, 6.07) is 3.77. The van der Waals surface area contributed by atoms with Gasteiger partial charge < -0.3 is 20.4 Å². The van der Waals surface area contributed by atoms with E-state index in [-0.39, 0.29) is 48.9 Å². The summed E-state index contributed by atoms with van der Waals surface area (Å²) in [7, 11) is 0. The molecule has 1 atom stereocenters. The molecule has 1 aromatic carbocycles. The van der Waals surface area contributed by atoms with Gasteiger partial charge in [-0.2, -0.15) is 8.78 Å². The Kier molecular flexibility index (Phi) is 5.05. The number of benzene rings is 1. The van der Waals surface area contributed by atoms with Crippen molar-refractivity contribution in [2.45, 2.75) is 25.8 Å². The lowest BCUT2D eigenvalue weighted by atomic mass is 10.1. The Morgan fingerprint density at radius 1 is 1.21 bits per heavy atom. The SMILES string of the molecule is C[C@@H]1CN(C(=O)c2ccc3c(c2)NC(=O)CNC3=O)CCN1C(=O)C(C)(F)F. The number of fused-ring (bicyclic) bond motifs is 1. The predicted molar refractivity (Wildman–Crippen MR) is 95.1 cm³/mol. The molecule has 4 amide bonds. The average Bonchev–Trinajstić information content (AvgIpc) is 2.77. The summed E-state index contributed by atoms with van der Waals surface area (Å²) in [5.74, 6) is -5.92. The Morgan fingerprint density at radius 2 is 1.93 bits per heavy atom. The molecule has 3 rings (SSSR count). The van der Waals surface area contributed by atoms with Gasteiger partial charge in [-0.1, -0.05) is 0 Å². The van der Waals surface area contributed by atoms with E-state index < -0.39 is 29.7 Å². The summed E-state index contributed by atoms with van der Waals surface area (Å²) < 4.78 is 26.6. The number of carbonyl (C=O) groups is 4. The topological polar surface area (TPSA) is 98.8 Å². The van der Waals surface area contributed by atoms with Crippen LogP contribution in [-0.4, -0.2) is 71.6 Å². The van der Waals surface area contributed by atoms with Crippen LogP contribution >= 0.6 is 0 Å². The van der Waals surface area contributed by atoms with Crippen LogP contribution in [0.5, 0.6) is 0 Å². The first-order valence-electron chi connectivity index (χ1n) is 8.78. The predicted octanol–water partition coefficient (Wildman–Crippen LogP) is 0.697. The molecular weight excluding hydrogens is 374 g/mol. The van der Waals surface area contributed by atoms with Crippen LogP contribution < -0.4 is 10.6 Å². The van der Waals surface area contributed by atoms with Crippen molar-refractivity contribution in [1.82, 2.24) is 15.1 Å². The van der Waals surface area contributed by atoms with Crippen LogP contribution in [0.3, 0.4) is 0 Å². The van der Waals surface area contributed by atoms with Crippen LogP contribution in [-0.2, 0) is 9.59 Å². The summed E-state index contributed by atoms with van der Waals surface area (Å²) in [5.41, 5.74) is 0.733. The van der Waals surface area contributed by atoms with Crippen molar-refractivity contribution in [2.75, 3.05) is 31.5 Å². The van der Waals surface area contributed by atoms with E-state index in [1.165, 1.54) is 23.1 Å². The third-order valence-corrected chi connectivity index (χ3v) is 4.75. The van der Waals surface area contributed by atoms with E-state index >= 15 is 0 Å². The Morgan fingerprint density at radius 3 is 2.57 bits per heavy atom. The second-order valence-corrected chi connectivity index (χ2v) is 6.98. The number of rotatable bonds is 2. The van der Waals surface area contributed by atoms with Gasteiger partial charge in [-0.3, -0.25) is 19.2 Å². The fourth-order valence-electron chi connectivity index (χ4n) is 3.31. The fourth-order valence-corrected chi connectivity index (χ4v) is 3.31. The highest BCUT2D eigenvalue weighted by atomic mass is 19.3. The number of alkyl halides is 2. The van der Waals surface area contributed by atoms with Crippen LogP contribution in [0.1, 0.15) is 34.6 Å². The molecule has 1 fully saturated rings. The highest BCUT2D eigenvalue weighted by Gasteiger charge is 2.41. The molecular formula is C18H20F2N4O4. The molecule has 8 nitrogen and oxygen atoms in total. The number of hydrogen-bond acceptors (Lipinski definition) is 4. The van der Waals surface area contributed by atoms with Crippen LogP contribution in [0.4, 0.5) is 14.5 Å². The van der Waals surface area contributed by atoms with Crippen molar-refractivity contribution in [3.63, 3.8) is 0 Å². The van der Waals surface area contributed by atoms with Crippen LogP contribution in [0.15, 0.2) is 18.2 Å². The number of anilines is 1. The molecule has 150 valence electrons. The Bertz CT molecular complexity index is 852. The van der Waals surface area contributed by atoms with Crippen molar-refractivity contribution >= 4 is 29.3 Å². The van der Waals surface area contributed by atoms with Gasteiger partial charge in [0.2, 0.25) is 5.91 Å². The van der Waals surface area contributed by atoms with Gasteiger partial charge in [0, 0.05) is 38.2 Å². The van der Waals surface area contributed by atoms with Crippen molar-refractivity contribution in [3.8, 4) is 0 Å². The summed E-state index contributed by atoms with van der Waals surface area (Å²) in [4.78, 5) is 50.8. The van der Waals surface area contributed by atoms with Gasteiger partial charge in [-0.25, -0.2) is 0 Å². The minimum Gasteiger partial charge on any atom is -0.343 e. The minimum absolute atomic E-state index is 0.000742. The fraction of sp³-hybridized carbons (Fsp3) is 0.444. The highest BCUT2D eigenvalue weighted by Crippen LogP contribution is 2.23. The van der Waals surface area contributed by atoms with Crippen molar-refractivity contribution < 1.29 is 28.0 Å². The lowest BCUT2D eigenvalue weighted by Crippen LogP contribution is -2.58. The summed E-state index contributed by atoms with van der Waals surface area (Å²) >= 11 is 0. The first-order valence-corrected chi connectivity index (χ1v) is 8.78. The second kappa shape index (κ2) is 7.17. The van der Waals surface area contributed by atoms with Gasteiger partial charge in [0.25, 0.3) is 17.7 Å². The van der Waals surface area contributed by atoms with E-state index in [1.807, 2.05) is 0 Å². The van der Waals surface area contributed by atoms with Crippen LogP contribution in [0, 0.1) is 0 Å². The number of nitrogens with zero attached hydrogens (tertiary/aromatic N) is 2. The van der Waals surface area contributed by atoms with Crippen molar-refractivity contribution in [3.05, 3.63) is 29.3 Å². The lowest BCUT2D eigenvalue weighted by Gasteiger charge is -2.40. The summed E-state index contributed by atoms with van der Waals surface area (Å²) in [6.45, 7) is 2.20. The summed E-state index contributed by atoms with van der Waals surface area (Å²) in [6.07, 6.45) is 0. The molecule has 2 aliphatic heterocycles. The van der Waals surface area contributed by atoms with Gasteiger partial charge in [0.05, 0.1) is 17.8 Å².